The number of carbonyl (C=O) groups excluding carboxylic acids is 2. The number of nitrogens with zero attached hydrogens (tertiary/aromatic N) is 2. The van der Waals surface area contributed by atoms with Crippen molar-refractivity contribution in [3.05, 3.63) is 45.8 Å². The van der Waals surface area contributed by atoms with Gasteiger partial charge in [-0.2, -0.15) is 4.31 Å². The second-order valence-electron chi connectivity index (χ2n) is 8.30. The largest absolute Gasteiger partial charge is 0.462 e. The Labute approximate surface area is 218 Å². The summed E-state index contributed by atoms with van der Waals surface area (Å²) in [7, 11) is -1.60. The fourth-order valence-electron chi connectivity index (χ4n) is 3.99. The Bertz CT molecular complexity index is 1130. The van der Waals surface area contributed by atoms with Crippen LogP contribution < -0.4 is 5.32 Å². The van der Waals surface area contributed by atoms with Crippen molar-refractivity contribution in [1.29, 1.82) is 0 Å². The summed E-state index contributed by atoms with van der Waals surface area (Å²) in [4.78, 5) is 29.0. The first-order valence-electron chi connectivity index (χ1n) is 11.6. The molecule has 1 aliphatic heterocycles. The van der Waals surface area contributed by atoms with Crippen LogP contribution in [0, 0.1) is 0 Å². The van der Waals surface area contributed by atoms with Crippen LogP contribution in [-0.4, -0.2) is 62.8 Å². The molecule has 0 spiro atoms. The molecule has 3 rings (SSSR count). The van der Waals surface area contributed by atoms with Crippen molar-refractivity contribution in [1.82, 2.24) is 9.21 Å². The highest BCUT2D eigenvalue weighted by molar-refractivity contribution is 7.89. The molecule has 0 unspecified atom stereocenters. The zero-order valence-electron chi connectivity index (χ0n) is 20.6. The van der Waals surface area contributed by atoms with Crippen molar-refractivity contribution in [2.45, 2.75) is 51.5 Å². The molecule has 0 aliphatic carbocycles. The van der Waals surface area contributed by atoms with Gasteiger partial charge in [-0.1, -0.05) is 13.8 Å². The SMILES string of the molecule is CCCN(CCC)S(=O)(=O)c1ccc(C(=O)Nc2sc3c(c2C(=O)OCC)CCN(C)C3)cc1.Cl. The van der Waals surface area contributed by atoms with E-state index in [0.29, 0.717) is 42.2 Å². The monoisotopic (exact) mass is 543 g/mol. The lowest BCUT2D eigenvalue weighted by Crippen LogP contribution is -2.32. The highest BCUT2D eigenvalue weighted by Gasteiger charge is 2.29. The number of hydrogen-bond donors (Lipinski definition) is 1. The van der Waals surface area contributed by atoms with Gasteiger partial charge < -0.3 is 15.0 Å². The van der Waals surface area contributed by atoms with Crippen LogP contribution in [0.2, 0.25) is 0 Å². The van der Waals surface area contributed by atoms with Crippen LogP contribution in [0.3, 0.4) is 0 Å². The van der Waals surface area contributed by atoms with Gasteiger partial charge in [0.25, 0.3) is 5.91 Å². The van der Waals surface area contributed by atoms with Gasteiger partial charge in [0.05, 0.1) is 17.1 Å². The first-order valence-corrected chi connectivity index (χ1v) is 13.9. The average Bonchev–Trinajstić information content (AvgIpc) is 3.15. The van der Waals surface area contributed by atoms with Gasteiger partial charge in [0.15, 0.2) is 0 Å². The molecule has 0 radical (unpaired) electrons. The Morgan fingerprint density at radius 1 is 1.11 bits per heavy atom. The van der Waals surface area contributed by atoms with Crippen molar-refractivity contribution in [3.8, 4) is 0 Å². The number of sulfonamides is 1. The van der Waals surface area contributed by atoms with Crippen LogP contribution in [0.15, 0.2) is 29.2 Å². The molecule has 1 aliphatic rings. The summed E-state index contributed by atoms with van der Waals surface area (Å²) in [6.07, 6.45) is 2.16. The van der Waals surface area contributed by atoms with E-state index in [2.05, 4.69) is 10.2 Å². The Morgan fingerprint density at radius 2 is 1.74 bits per heavy atom. The number of anilines is 1. The number of esters is 1. The minimum absolute atomic E-state index is 0. The van der Waals surface area contributed by atoms with Crippen LogP contribution in [0.25, 0.3) is 0 Å². The number of halogens is 1. The molecule has 2 heterocycles. The third-order valence-corrected chi connectivity index (χ3v) is 8.70. The summed E-state index contributed by atoms with van der Waals surface area (Å²) in [5.74, 6) is -0.839. The van der Waals surface area contributed by atoms with Gasteiger partial charge in [-0.05, 0) is 63.1 Å². The predicted molar refractivity (Wildman–Crippen MR) is 141 cm³/mol. The first kappa shape index (κ1) is 29.3. The molecule has 1 aromatic heterocycles. The number of likely N-dealkylation sites (N-methyl/N-ethyl adjacent to an activating group) is 1. The van der Waals surface area contributed by atoms with Crippen LogP contribution in [-0.2, 0) is 27.7 Å². The molecule has 1 N–H and O–H groups in total. The quantitative estimate of drug-likeness (QED) is 0.446. The fourth-order valence-corrected chi connectivity index (χ4v) is 6.93. The van der Waals surface area contributed by atoms with Crippen molar-refractivity contribution in [2.75, 3.05) is 38.6 Å². The van der Waals surface area contributed by atoms with Gasteiger partial charge in [0, 0.05) is 36.6 Å². The predicted octanol–water partition coefficient (Wildman–Crippen LogP) is 4.40. The summed E-state index contributed by atoms with van der Waals surface area (Å²) in [6, 6.07) is 5.93. The molecular formula is C24H34ClN3O5S2. The Hall–Kier alpha value is -1.98. The van der Waals surface area contributed by atoms with Gasteiger partial charge in [-0.25, -0.2) is 13.2 Å². The van der Waals surface area contributed by atoms with E-state index in [0.717, 1.165) is 29.8 Å². The van der Waals surface area contributed by atoms with Gasteiger partial charge in [0.2, 0.25) is 10.0 Å². The molecule has 1 amide bonds. The minimum atomic E-state index is -3.62. The standard InChI is InChI=1S/C24H33N3O5S2.ClH/c1-5-13-27(14-6-2)34(30,31)18-10-8-17(9-11-18)22(28)25-23-21(24(29)32-7-3)19-12-15-26(4)16-20(19)33-23;/h8-11H,5-7,12-16H2,1-4H3,(H,25,28);1H. The lowest BCUT2D eigenvalue weighted by molar-refractivity contribution is 0.0526. The van der Waals surface area contributed by atoms with Crippen molar-refractivity contribution in [2.24, 2.45) is 0 Å². The van der Waals surface area contributed by atoms with Crippen molar-refractivity contribution >= 4 is 50.6 Å². The van der Waals surface area contributed by atoms with E-state index in [1.807, 2.05) is 20.9 Å². The highest BCUT2D eigenvalue weighted by atomic mass is 35.5. The fraction of sp³-hybridized carbons (Fsp3) is 0.500. The number of fused-ring (bicyclic) bond motifs is 1. The highest BCUT2D eigenvalue weighted by Crippen LogP contribution is 2.37. The molecule has 0 atom stereocenters. The van der Waals surface area contributed by atoms with E-state index in [4.69, 9.17) is 4.74 Å². The number of thiophene rings is 1. The number of ether oxygens (including phenoxy) is 1. The normalized spacial score (nSPS) is 13.7. The van der Waals surface area contributed by atoms with Crippen LogP contribution >= 0.6 is 23.7 Å². The third kappa shape index (κ3) is 6.62. The molecular weight excluding hydrogens is 510 g/mol. The van der Waals surface area contributed by atoms with Crippen molar-refractivity contribution in [3.63, 3.8) is 0 Å². The summed E-state index contributed by atoms with van der Waals surface area (Å²) < 4.78 is 32.7. The summed E-state index contributed by atoms with van der Waals surface area (Å²) in [5.41, 5.74) is 1.68. The zero-order valence-corrected chi connectivity index (χ0v) is 23.1. The topological polar surface area (TPSA) is 96.0 Å². The summed E-state index contributed by atoms with van der Waals surface area (Å²) in [6.45, 7) is 8.32. The molecule has 0 fully saturated rings. The van der Waals surface area contributed by atoms with Crippen LogP contribution in [0.5, 0.6) is 0 Å². The molecule has 0 saturated carbocycles. The molecule has 2 aromatic rings. The molecule has 194 valence electrons. The second-order valence-corrected chi connectivity index (χ2v) is 11.3. The maximum atomic E-state index is 13.0. The number of hydrogen-bond acceptors (Lipinski definition) is 7. The maximum Gasteiger partial charge on any atom is 0.341 e. The Balaban J connectivity index is 0.00000432. The smallest absolute Gasteiger partial charge is 0.341 e. The van der Waals surface area contributed by atoms with Crippen molar-refractivity contribution < 1.29 is 22.7 Å². The van der Waals surface area contributed by atoms with E-state index in [9.17, 15) is 18.0 Å². The molecule has 11 heteroatoms. The second kappa shape index (κ2) is 12.8. The molecule has 0 saturated heterocycles. The Kier molecular flexibility index (Phi) is 10.7. The van der Waals surface area contributed by atoms with Crippen LogP contribution in [0.1, 0.15) is 64.8 Å². The zero-order chi connectivity index (χ0) is 24.9. The average molecular weight is 544 g/mol. The van der Waals surface area contributed by atoms with E-state index in [1.54, 1.807) is 6.92 Å². The number of carbonyl (C=O) groups is 2. The summed E-state index contributed by atoms with van der Waals surface area (Å²) >= 11 is 1.39. The van der Waals surface area contributed by atoms with E-state index in [1.165, 1.54) is 39.9 Å². The lowest BCUT2D eigenvalue weighted by atomic mass is 10.0. The maximum absolute atomic E-state index is 13.0. The number of nitrogens with one attached hydrogen (secondary N) is 1. The number of benzene rings is 1. The molecule has 1 aromatic carbocycles. The van der Waals surface area contributed by atoms with Gasteiger partial charge in [-0.3, -0.25) is 4.79 Å². The molecule has 0 bridgehead atoms. The van der Waals surface area contributed by atoms with Gasteiger partial charge in [-0.15, -0.1) is 23.7 Å². The number of amides is 1. The molecule has 8 nitrogen and oxygen atoms in total. The van der Waals surface area contributed by atoms with Gasteiger partial charge in [0.1, 0.15) is 5.00 Å². The Morgan fingerprint density at radius 3 is 2.31 bits per heavy atom. The summed E-state index contributed by atoms with van der Waals surface area (Å²) in [5, 5.41) is 3.33. The van der Waals surface area contributed by atoms with E-state index in [-0.39, 0.29) is 23.9 Å². The minimum Gasteiger partial charge on any atom is -0.462 e. The van der Waals surface area contributed by atoms with Crippen LogP contribution in [0.4, 0.5) is 5.00 Å². The number of rotatable bonds is 10. The van der Waals surface area contributed by atoms with E-state index >= 15 is 0 Å². The third-order valence-electron chi connectivity index (χ3n) is 5.65. The molecule has 35 heavy (non-hydrogen) atoms. The lowest BCUT2D eigenvalue weighted by Gasteiger charge is -2.22. The van der Waals surface area contributed by atoms with E-state index < -0.39 is 21.9 Å². The first-order chi connectivity index (χ1) is 16.2. The van der Waals surface area contributed by atoms with Gasteiger partial charge >= 0.3 is 5.97 Å².